The quantitative estimate of drug-likeness (QED) is 0.417. The Kier molecular flexibility index (Phi) is 8.27. The zero-order valence-electron chi connectivity index (χ0n) is 20.6. The molecule has 0 spiro atoms. The number of halogens is 3. The molecule has 1 N–H and O–H groups in total. The average Bonchev–Trinajstić information content (AvgIpc) is 3.42. The third-order valence-electron chi connectivity index (χ3n) is 6.21. The number of benzene rings is 3. The Balaban J connectivity index is 1.36. The van der Waals surface area contributed by atoms with Crippen LogP contribution in [0.15, 0.2) is 77.7 Å². The number of sulfonamides is 1. The highest BCUT2D eigenvalue weighted by molar-refractivity contribution is 7.89. The van der Waals surface area contributed by atoms with Crippen LogP contribution in [-0.4, -0.2) is 38.3 Å². The van der Waals surface area contributed by atoms with E-state index in [2.05, 4.69) is 5.32 Å². The summed E-state index contributed by atoms with van der Waals surface area (Å²) in [6.07, 6.45) is -3.42. The smallest absolute Gasteiger partial charge is 0.416 e. The van der Waals surface area contributed by atoms with Gasteiger partial charge in [-0.05, 0) is 60.4 Å². The number of hydrogen-bond donors (Lipinski definition) is 1. The highest BCUT2D eigenvalue weighted by Crippen LogP contribution is 2.30. The summed E-state index contributed by atoms with van der Waals surface area (Å²) < 4.78 is 76.7. The molecular formula is C27H27F3N2O5S. The van der Waals surface area contributed by atoms with Crippen LogP contribution in [0.3, 0.4) is 0 Å². The van der Waals surface area contributed by atoms with Gasteiger partial charge in [-0.3, -0.25) is 4.79 Å². The van der Waals surface area contributed by atoms with Crippen molar-refractivity contribution in [3.05, 3.63) is 89.5 Å². The van der Waals surface area contributed by atoms with Crippen LogP contribution in [-0.2, 0) is 34.1 Å². The number of alkyl halides is 3. The molecule has 0 aromatic heterocycles. The summed E-state index contributed by atoms with van der Waals surface area (Å²) in [5.41, 5.74) is 0.579. The lowest BCUT2D eigenvalue weighted by atomic mass is 10.1. The van der Waals surface area contributed by atoms with Crippen LogP contribution in [0.1, 0.15) is 29.5 Å². The summed E-state index contributed by atoms with van der Waals surface area (Å²) in [4.78, 5) is 13.0. The summed E-state index contributed by atoms with van der Waals surface area (Å²) in [5.74, 6) is 0.497. The molecule has 3 aromatic rings. The average molecular weight is 549 g/mol. The van der Waals surface area contributed by atoms with Gasteiger partial charge >= 0.3 is 6.18 Å². The lowest BCUT2D eigenvalue weighted by Gasteiger charge is -2.23. The minimum atomic E-state index is -4.40. The molecule has 38 heavy (non-hydrogen) atoms. The molecule has 0 saturated carbocycles. The van der Waals surface area contributed by atoms with E-state index in [1.54, 1.807) is 36.4 Å². The molecule has 7 nitrogen and oxygen atoms in total. The van der Waals surface area contributed by atoms with Crippen molar-refractivity contribution in [2.24, 2.45) is 0 Å². The van der Waals surface area contributed by atoms with E-state index in [0.717, 1.165) is 17.7 Å². The predicted octanol–water partition coefficient (Wildman–Crippen LogP) is 4.76. The molecule has 4 rings (SSSR count). The van der Waals surface area contributed by atoms with E-state index in [0.29, 0.717) is 29.9 Å². The monoisotopic (exact) mass is 548 g/mol. The summed E-state index contributed by atoms with van der Waals surface area (Å²) >= 11 is 0. The van der Waals surface area contributed by atoms with Gasteiger partial charge in [0.05, 0.1) is 17.6 Å². The molecule has 0 bridgehead atoms. The maximum atomic E-state index is 13.2. The van der Waals surface area contributed by atoms with Crippen molar-refractivity contribution in [2.75, 3.05) is 13.7 Å². The van der Waals surface area contributed by atoms with Crippen molar-refractivity contribution in [2.45, 2.75) is 43.1 Å². The first kappa shape index (κ1) is 27.5. The highest BCUT2D eigenvalue weighted by atomic mass is 32.2. The number of carbonyl (C=O) groups is 1. The van der Waals surface area contributed by atoms with Gasteiger partial charge in [0.25, 0.3) is 0 Å². The highest BCUT2D eigenvalue weighted by Gasteiger charge is 2.39. The normalized spacial score (nSPS) is 16.3. The largest absolute Gasteiger partial charge is 0.497 e. The first-order valence-electron chi connectivity index (χ1n) is 11.9. The molecule has 1 fully saturated rings. The van der Waals surface area contributed by atoms with Crippen LogP contribution in [0.4, 0.5) is 13.2 Å². The second kappa shape index (κ2) is 11.4. The molecule has 11 heteroatoms. The second-order valence-corrected chi connectivity index (χ2v) is 10.7. The van der Waals surface area contributed by atoms with Gasteiger partial charge in [0.1, 0.15) is 24.1 Å². The maximum absolute atomic E-state index is 13.2. The number of hydrogen-bond acceptors (Lipinski definition) is 5. The summed E-state index contributed by atoms with van der Waals surface area (Å²) in [5, 5.41) is 2.81. The van der Waals surface area contributed by atoms with E-state index in [4.69, 9.17) is 9.47 Å². The van der Waals surface area contributed by atoms with Gasteiger partial charge in [-0.25, -0.2) is 8.42 Å². The number of nitrogens with one attached hydrogen (secondary N) is 1. The number of rotatable bonds is 9. The van der Waals surface area contributed by atoms with Crippen LogP contribution in [0.5, 0.6) is 11.5 Å². The Morgan fingerprint density at radius 1 is 1.00 bits per heavy atom. The topological polar surface area (TPSA) is 84.9 Å². The fraction of sp³-hybridized carbons (Fsp3) is 0.296. The summed E-state index contributed by atoms with van der Waals surface area (Å²) in [6, 6.07) is 17.0. The predicted molar refractivity (Wildman–Crippen MR) is 134 cm³/mol. The van der Waals surface area contributed by atoms with Crippen LogP contribution in [0.2, 0.25) is 0 Å². The van der Waals surface area contributed by atoms with Gasteiger partial charge in [0.2, 0.25) is 15.9 Å². The minimum Gasteiger partial charge on any atom is -0.497 e. The fourth-order valence-electron chi connectivity index (χ4n) is 4.20. The van der Waals surface area contributed by atoms with Gasteiger partial charge in [0, 0.05) is 19.2 Å². The van der Waals surface area contributed by atoms with E-state index in [-0.39, 0.29) is 24.6 Å². The molecule has 1 heterocycles. The van der Waals surface area contributed by atoms with Gasteiger partial charge in [-0.15, -0.1) is 0 Å². The third kappa shape index (κ3) is 6.46. The SMILES string of the molecule is COc1cccc(S(=O)(=O)N2CCC[C@H]2C(=O)NCc2cccc(OCc3ccc(C(F)(F)F)cc3)c2)c1. The molecule has 1 amide bonds. The lowest BCUT2D eigenvalue weighted by Crippen LogP contribution is -2.45. The van der Waals surface area contributed by atoms with Gasteiger partial charge in [-0.1, -0.05) is 30.3 Å². The van der Waals surface area contributed by atoms with Crippen LogP contribution < -0.4 is 14.8 Å². The first-order chi connectivity index (χ1) is 18.1. The molecule has 0 aliphatic carbocycles. The van der Waals surface area contributed by atoms with E-state index in [9.17, 15) is 26.4 Å². The maximum Gasteiger partial charge on any atom is 0.416 e. The van der Waals surface area contributed by atoms with Crippen LogP contribution >= 0.6 is 0 Å². The summed E-state index contributed by atoms with van der Waals surface area (Å²) in [6.45, 7) is 0.470. The standard InChI is InChI=1S/C27H27F3N2O5S/c1-36-22-6-3-8-24(16-22)38(34,35)32-14-4-9-25(32)26(33)31-17-20-5-2-7-23(15-20)37-18-19-10-12-21(13-11-19)27(28,29)30/h2-3,5-8,10-13,15-16,25H,4,9,14,17-18H2,1H3,(H,31,33)/t25-/m0/s1. The fourth-order valence-corrected chi connectivity index (χ4v) is 5.89. The van der Waals surface area contributed by atoms with E-state index in [1.807, 2.05) is 0 Å². The van der Waals surface area contributed by atoms with Crippen molar-refractivity contribution in [1.82, 2.24) is 9.62 Å². The molecule has 202 valence electrons. The Morgan fingerprint density at radius 2 is 1.71 bits per heavy atom. The molecule has 3 aromatic carbocycles. The van der Waals surface area contributed by atoms with E-state index in [1.165, 1.54) is 35.7 Å². The van der Waals surface area contributed by atoms with Crippen LogP contribution in [0, 0.1) is 0 Å². The van der Waals surface area contributed by atoms with Crippen molar-refractivity contribution in [3.63, 3.8) is 0 Å². The van der Waals surface area contributed by atoms with Gasteiger partial charge in [0.15, 0.2) is 0 Å². The van der Waals surface area contributed by atoms with Crippen molar-refractivity contribution >= 4 is 15.9 Å². The molecule has 1 saturated heterocycles. The Labute approximate surface area is 219 Å². The Bertz CT molecular complexity index is 1380. The van der Waals surface area contributed by atoms with Crippen molar-refractivity contribution in [3.8, 4) is 11.5 Å². The third-order valence-corrected chi connectivity index (χ3v) is 8.11. The van der Waals surface area contributed by atoms with Crippen LogP contribution in [0.25, 0.3) is 0 Å². The zero-order chi connectivity index (χ0) is 27.3. The summed E-state index contributed by atoms with van der Waals surface area (Å²) in [7, 11) is -2.44. The number of ether oxygens (including phenoxy) is 2. The number of carbonyl (C=O) groups excluding carboxylic acids is 1. The number of amides is 1. The number of methoxy groups -OCH3 is 1. The Hall–Kier alpha value is -3.57. The molecule has 1 aliphatic rings. The minimum absolute atomic E-state index is 0.0643. The van der Waals surface area contributed by atoms with Crippen molar-refractivity contribution < 1.29 is 35.9 Å². The van der Waals surface area contributed by atoms with E-state index >= 15 is 0 Å². The van der Waals surface area contributed by atoms with Gasteiger partial charge < -0.3 is 14.8 Å². The molecule has 0 radical (unpaired) electrons. The first-order valence-corrected chi connectivity index (χ1v) is 13.3. The molecule has 1 aliphatic heterocycles. The van der Waals surface area contributed by atoms with E-state index < -0.39 is 33.7 Å². The lowest BCUT2D eigenvalue weighted by molar-refractivity contribution is -0.137. The Morgan fingerprint density at radius 3 is 2.42 bits per heavy atom. The van der Waals surface area contributed by atoms with Gasteiger partial charge in [-0.2, -0.15) is 17.5 Å². The van der Waals surface area contributed by atoms with Crippen molar-refractivity contribution in [1.29, 1.82) is 0 Å². The molecule has 1 atom stereocenters. The molecular weight excluding hydrogens is 521 g/mol. The second-order valence-electron chi connectivity index (χ2n) is 8.80. The molecule has 0 unspecified atom stereocenters. The number of nitrogens with zero attached hydrogens (tertiary/aromatic N) is 1. The zero-order valence-corrected chi connectivity index (χ0v) is 21.4.